The number of primary amides is 1. The summed E-state index contributed by atoms with van der Waals surface area (Å²) in [6, 6.07) is 12.2. The van der Waals surface area contributed by atoms with Crippen LogP contribution in [-0.4, -0.2) is 15.5 Å². The summed E-state index contributed by atoms with van der Waals surface area (Å²) in [5.41, 5.74) is 11.3. The molecule has 4 heteroatoms. The first-order chi connectivity index (χ1) is 13.4. The third-order valence-corrected chi connectivity index (χ3v) is 5.43. The molecule has 0 bridgehead atoms. The van der Waals surface area contributed by atoms with Crippen LogP contribution in [0.3, 0.4) is 0 Å². The quantitative estimate of drug-likeness (QED) is 0.563. The van der Waals surface area contributed by atoms with Crippen molar-refractivity contribution < 1.29 is 4.79 Å². The number of hydrogen-bond donors (Lipinski definition) is 1. The highest BCUT2D eigenvalue weighted by atomic mass is 16.1. The molecule has 0 aliphatic carbocycles. The van der Waals surface area contributed by atoms with E-state index in [2.05, 4.69) is 37.5 Å². The van der Waals surface area contributed by atoms with Gasteiger partial charge in [-0.25, -0.2) is 4.98 Å². The number of carbonyl (C=O) groups excluding carboxylic acids is 1. The summed E-state index contributed by atoms with van der Waals surface area (Å²) in [5, 5.41) is 1.10. The number of para-hydroxylation sites is 1. The molecule has 2 heterocycles. The van der Waals surface area contributed by atoms with Gasteiger partial charge in [-0.3, -0.25) is 4.79 Å². The van der Waals surface area contributed by atoms with Crippen molar-refractivity contribution in [3.63, 3.8) is 0 Å². The van der Waals surface area contributed by atoms with E-state index < -0.39 is 0 Å². The topological polar surface area (TPSA) is 60.9 Å². The van der Waals surface area contributed by atoms with Crippen LogP contribution < -0.4 is 5.73 Å². The van der Waals surface area contributed by atoms with Gasteiger partial charge < -0.3 is 10.3 Å². The Morgan fingerprint density at radius 3 is 2.61 bits per heavy atom. The first-order valence-corrected chi connectivity index (χ1v) is 10.3. The molecule has 148 valence electrons. The predicted molar refractivity (Wildman–Crippen MR) is 116 cm³/mol. The third-order valence-electron chi connectivity index (χ3n) is 5.43. The van der Waals surface area contributed by atoms with Crippen LogP contribution in [0.15, 0.2) is 36.4 Å². The summed E-state index contributed by atoms with van der Waals surface area (Å²) in [4.78, 5) is 17.3. The lowest BCUT2D eigenvalue weighted by atomic mass is 10.0. The fourth-order valence-electron chi connectivity index (χ4n) is 3.87. The van der Waals surface area contributed by atoms with Gasteiger partial charge in [0.2, 0.25) is 0 Å². The highest BCUT2D eigenvalue weighted by Crippen LogP contribution is 2.34. The number of pyridine rings is 1. The van der Waals surface area contributed by atoms with Gasteiger partial charge in [-0.2, -0.15) is 0 Å². The zero-order valence-electron chi connectivity index (χ0n) is 17.5. The molecule has 0 fully saturated rings. The van der Waals surface area contributed by atoms with Gasteiger partial charge in [-0.1, -0.05) is 51.5 Å². The lowest BCUT2D eigenvalue weighted by Gasteiger charge is -2.14. The minimum absolute atomic E-state index is 0.372. The lowest BCUT2D eigenvalue weighted by Crippen LogP contribution is -2.14. The minimum atomic E-state index is -0.372. The van der Waals surface area contributed by atoms with Crippen LogP contribution in [-0.2, 0) is 13.0 Å². The van der Waals surface area contributed by atoms with Crippen molar-refractivity contribution in [2.75, 3.05) is 0 Å². The van der Waals surface area contributed by atoms with Gasteiger partial charge in [0.05, 0.1) is 16.8 Å². The number of unbranched alkanes of at least 4 members (excludes halogenated alkanes) is 1. The molecule has 28 heavy (non-hydrogen) atoms. The van der Waals surface area contributed by atoms with Crippen LogP contribution in [0.1, 0.15) is 61.8 Å². The first kappa shape index (κ1) is 20.1. The Hall–Kier alpha value is -2.62. The number of aromatic nitrogens is 2. The normalized spacial score (nSPS) is 11.5. The summed E-state index contributed by atoms with van der Waals surface area (Å²) in [6.45, 7) is 9.56. The molecule has 3 rings (SSSR count). The van der Waals surface area contributed by atoms with E-state index in [1.165, 1.54) is 5.69 Å². The van der Waals surface area contributed by atoms with Crippen LogP contribution in [0, 0.1) is 12.8 Å². The number of fused-ring (bicyclic) bond motifs is 1. The number of hydrogen-bond acceptors (Lipinski definition) is 2. The SMILES string of the molecule is CCCCc1c(-c2ccc3ccccc3n2)c(C(N)=O)c(C)n1CCC(C)C. The van der Waals surface area contributed by atoms with Crippen LogP contribution in [0.5, 0.6) is 0 Å². The number of amides is 1. The zero-order chi connectivity index (χ0) is 20.3. The molecule has 0 spiro atoms. The molecule has 0 saturated heterocycles. The monoisotopic (exact) mass is 377 g/mol. The molecular weight excluding hydrogens is 346 g/mol. The predicted octanol–water partition coefficient (Wildman–Crippen LogP) is 5.50. The van der Waals surface area contributed by atoms with Crippen molar-refractivity contribution in [2.24, 2.45) is 11.7 Å². The van der Waals surface area contributed by atoms with Gasteiger partial charge in [0.1, 0.15) is 0 Å². The summed E-state index contributed by atoms with van der Waals surface area (Å²) in [7, 11) is 0. The largest absolute Gasteiger partial charge is 0.366 e. The number of nitrogens with zero attached hydrogens (tertiary/aromatic N) is 2. The standard InChI is InChI=1S/C24H31N3O/c1-5-6-11-21-23(20-13-12-18-9-7-8-10-19(18)26-20)22(24(25)28)17(4)27(21)15-14-16(2)3/h7-10,12-13,16H,5-6,11,14-15H2,1-4H3,(H2,25,28). The Balaban J connectivity index is 2.23. The second-order valence-electron chi connectivity index (χ2n) is 7.97. The van der Waals surface area contributed by atoms with Gasteiger partial charge in [-0.05, 0) is 44.2 Å². The molecule has 0 atom stereocenters. The number of rotatable bonds is 8. The Labute approximate surface area is 167 Å². The molecule has 0 radical (unpaired) electrons. The third kappa shape index (κ3) is 3.96. The second kappa shape index (κ2) is 8.59. The molecule has 1 aromatic carbocycles. The van der Waals surface area contributed by atoms with E-state index in [1.54, 1.807) is 0 Å². The Morgan fingerprint density at radius 1 is 1.18 bits per heavy atom. The molecule has 0 saturated carbocycles. The average molecular weight is 378 g/mol. The van der Waals surface area contributed by atoms with Crippen LogP contribution >= 0.6 is 0 Å². The molecular formula is C24H31N3O. The van der Waals surface area contributed by atoms with Crippen molar-refractivity contribution in [3.8, 4) is 11.3 Å². The molecule has 2 aromatic heterocycles. The first-order valence-electron chi connectivity index (χ1n) is 10.3. The Morgan fingerprint density at radius 2 is 1.93 bits per heavy atom. The molecule has 3 aromatic rings. The summed E-state index contributed by atoms with van der Waals surface area (Å²) < 4.78 is 2.31. The maximum absolute atomic E-state index is 12.4. The number of nitrogens with two attached hydrogens (primary N) is 1. The van der Waals surface area contributed by atoms with Crippen molar-refractivity contribution in [2.45, 2.75) is 59.9 Å². The number of benzene rings is 1. The van der Waals surface area contributed by atoms with E-state index in [0.29, 0.717) is 11.5 Å². The molecule has 0 aliphatic heterocycles. The van der Waals surface area contributed by atoms with Gasteiger partial charge in [-0.15, -0.1) is 0 Å². The van der Waals surface area contributed by atoms with Crippen LogP contribution in [0.25, 0.3) is 22.2 Å². The fourth-order valence-corrected chi connectivity index (χ4v) is 3.87. The highest BCUT2D eigenvalue weighted by Gasteiger charge is 2.25. The molecule has 1 amide bonds. The van der Waals surface area contributed by atoms with E-state index in [0.717, 1.165) is 60.1 Å². The summed E-state index contributed by atoms with van der Waals surface area (Å²) in [6.07, 6.45) is 4.17. The molecule has 0 unspecified atom stereocenters. The van der Waals surface area contributed by atoms with E-state index in [-0.39, 0.29) is 5.91 Å². The lowest BCUT2D eigenvalue weighted by molar-refractivity contribution is 0.1000. The van der Waals surface area contributed by atoms with Gasteiger partial charge in [0.15, 0.2) is 0 Å². The molecule has 0 aliphatic rings. The smallest absolute Gasteiger partial charge is 0.251 e. The van der Waals surface area contributed by atoms with Crippen molar-refractivity contribution in [1.82, 2.24) is 9.55 Å². The maximum Gasteiger partial charge on any atom is 0.251 e. The van der Waals surface area contributed by atoms with Crippen molar-refractivity contribution >= 4 is 16.8 Å². The molecule has 4 nitrogen and oxygen atoms in total. The Bertz CT molecular complexity index is 985. The van der Waals surface area contributed by atoms with E-state index in [1.807, 2.05) is 31.2 Å². The minimum Gasteiger partial charge on any atom is -0.366 e. The maximum atomic E-state index is 12.4. The van der Waals surface area contributed by atoms with E-state index >= 15 is 0 Å². The highest BCUT2D eigenvalue weighted by molar-refractivity contribution is 6.02. The van der Waals surface area contributed by atoms with Gasteiger partial charge in [0, 0.05) is 28.9 Å². The number of carbonyl (C=O) groups is 1. The van der Waals surface area contributed by atoms with Crippen molar-refractivity contribution in [1.29, 1.82) is 0 Å². The van der Waals surface area contributed by atoms with E-state index in [9.17, 15) is 4.79 Å². The zero-order valence-corrected chi connectivity index (χ0v) is 17.5. The molecule has 2 N–H and O–H groups in total. The Kier molecular flexibility index (Phi) is 6.18. The summed E-state index contributed by atoms with van der Waals surface area (Å²) in [5.74, 6) is 0.226. The fraction of sp³-hybridized carbons (Fsp3) is 0.417. The average Bonchev–Trinajstić information content (AvgIpc) is 2.95. The van der Waals surface area contributed by atoms with Crippen LogP contribution in [0.4, 0.5) is 0 Å². The van der Waals surface area contributed by atoms with Gasteiger partial charge in [0.25, 0.3) is 5.91 Å². The van der Waals surface area contributed by atoms with E-state index in [4.69, 9.17) is 10.7 Å². The second-order valence-corrected chi connectivity index (χ2v) is 7.97. The summed E-state index contributed by atoms with van der Waals surface area (Å²) >= 11 is 0. The van der Waals surface area contributed by atoms with Gasteiger partial charge >= 0.3 is 0 Å². The van der Waals surface area contributed by atoms with Crippen LogP contribution in [0.2, 0.25) is 0 Å². The van der Waals surface area contributed by atoms with Crippen molar-refractivity contribution in [3.05, 3.63) is 53.3 Å².